The van der Waals surface area contributed by atoms with Crippen molar-refractivity contribution in [2.24, 2.45) is 0 Å². The second-order valence-electron chi connectivity index (χ2n) is 2.74. The molecule has 0 aliphatic rings. The lowest BCUT2D eigenvalue weighted by Gasteiger charge is -2.02. The van der Waals surface area contributed by atoms with Crippen molar-refractivity contribution in [2.45, 2.75) is 17.1 Å². The van der Waals surface area contributed by atoms with Gasteiger partial charge in [-0.25, -0.2) is 14.5 Å². The van der Waals surface area contributed by atoms with Crippen LogP contribution in [0.5, 0.6) is 0 Å². The average molecular weight is 226 g/mol. The van der Waals surface area contributed by atoms with E-state index in [1.54, 1.807) is 23.5 Å². The van der Waals surface area contributed by atoms with Crippen molar-refractivity contribution in [3.63, 3.8) is 0 Å². The third-order valence-corrected chi connectivity index (χ3v) is 3.06. The first-order valence-electron chi connectivity index (χ1n) is 4.06. The largest absolute Gasteiger partial charge is 0.233 e. The van der Waals surface area contributed by atoms with Crippen molar-refractivity contribution in [3.05, 3.63) is 11.9 Å². The summed E-state index contributed by atoms with van der Waals surface area (Å²) in [6.45, 7) is 1.99. The summed E-state index contributed by atoms with van der Waals surface area (Å²) in [6, 6.07) is 0. The van der Waals surface area contributed by atoms with Gasteiger partial charge in [0.1, 0.15) is 5.03 Å². The van der Waals surface area contributed by atoms with E-state index in [-0.39, 0.29) is 0 Å². The highest BCUT2D eigenvalue weighted by Gasteiger charge is 2.09. The number of hydrogen-bond acceptors (Lipinski definition) is 5. The van der Waals surface area contributed by atoms with Gasteiger partial charge in [0.15, 0.2) is 5.65 Å². The van der Waals surface area contributed by atoms with E-state index in [1.165, 1.54) is 0 Å². The predicted molar refractivity (Wildman–Crippen MR) is 59.1 cm³/mol. The molecule has 0 aromatic carbocycles. The zero-order valence-electron chi connectivity index (χ0n) is 8.18. The molecule has 6 heteroatoms. The van der Waals surface area contributed by atoms with E-state index in [2.05, 4.69) is 15.1 Å². The van der Waals surface area contributed by atoms with E-state index < -0.39 is 0 Å². The third kappa shape index (κ3) is 1.48. The number of fused-ring (bicyclic) bond motifs is 1. The normalized spacial score (nSPS) is 11.1. The van der Waals surface area contributed by atoms with Gasteiger partial charge < -0.3 is 0 Å². The molecule has 0 unspecified atom stereocenters. The van der Waals surface area contributed by atoms with E-state index in [9.17, 15) is 0 Å². The van der Waals surface area contributed by atoms with Crippen LogP contribution in [0.2, 0.25) is 0 Å². The second kappa shape index (κ2) is 3.78. The molecule has 0 atom stereocenters. The number of thioether (sulfide) groups is 2. The SMILES string of the molecule is CSc1nc(SC)c2ncc(C)n2n1. The first-order valence-corrected chi connectivity index (χ1v) is 6.51. The van der Waals surface area contributed by atoms with Crippen LogP contribution in [0.1, 0.15) is 5.69 Å². The van der Waals surface area contributed by atoms with E-state index >= 15 is 0 Å². The van der Waals surface area contributed by atoms with Crippen LogP contribution in [0, 0.1) is 6.92 Å². The number of aromatic nitrogens is 4. The van der Waals surface area contributed by atoms with Gasteiger partial charge in [0.05, 0.1) is 11.9 Å². The Morgan fingerprint density at radius 1 is 1.29 bits per heavy atom. The molecule has 0 saturated heterocycles. The van der Waals surface area contributed by atoms with Gasteiger partial charge in [-0.1, -0.05) is 11.8 Å². The summed E-state index contributed by atoms with van der Waals surface area (Å²) in [5.74, 6) is 0. The smallest absolute Gasteiger partial charge is 0.208 e. The Kier molecular flexibility index (Phi) is 2.64. The maximum atomic E-state index is 4.38. The maximum Gasteiger partial charge on any atom is 0.208 e. The quantitative estimate of drug-likeness (QED) is 0.731. The molecule has 4 nitrogen and oxygen atoms in total. The number of hydrogen-bond donors (Lipinski definition) is 0. The topological polar surface area (TPSA) is 43.1 Å². The van der Waals surface area contributed by atoms with Gasteiger partial charge in [-0.05, 0) is 19.4 Å². The molecule has 0 fully saturated rings. The lowest BCUT2D eigenvalue weighted by Crippen LogP contribution is -2.00. The first kappa shape index (κ1) is 9.79. The van der Waals surface area contributed by atoms with Gasteiger partial charge in [0.25, 0.3) is 0 Å². The summed E-state index contributed by atoms with van der Waals surface area (Å²) in [4.78, 5) is 8.65. The zero-order valence-corrected chi connectivity index (χ0v) is 9.82. The summed E-state index contributed by atoms with van der Waals surface area (Å²) in [6.07, 6.45) is 5.78. The summed E-state index contributed by atoms with van der Waals surface area (Å²) < 4.78 is 1.84. The molecule has 14 heavy (non-hydrogen) atoms. The Bertz CT molecular complexity index is 466. The van der Waals surface area contributed by atoms with Gasteiger partial charge in [0, 0.05) is 0 Å². The number of rotatable bonds is 2. The highest BCUT2D eigenvalue weighted by molar-refractivity contribution is 7.99. The minimum absolute atomic E-state index is 0.781. The van der Waals surface area contributed by atoms with E-state index in [0.29, 0.717) is 0 Å². The molecule has 0 bridgehead atoms. The van der Waals surface area contributed by atoms with Gasteiger partial charge in [-0.15, -0.1) is 16.9 Å². The van der Waals surface area contributed by atoms with Crippen LogP contribution in [0.15, 0.2) is 16.4 Å². The van der Waals surface area contributed by atoms with E-state index in [1.807, 2.05) is 30.1 Å². The number of aryl methyl sites for hydroxylation is 1. The molecule has 2 aromatic rings. The summed E-state index contributed by atoms with van der Waals surface area (Å²) in [5, 5.41) is 6.06. The minimum Gasteiger partial charge on any atom is -0.233 e. The maximum absolute atomic E-state index is 4.38. The molecule has 74 valence electrons. The first-order chi connectivity index (χ1) is 6.76. The Labute approximate surface area is 90.5 Å². The van der Waals surface area contributed by atoms with Gasteiger partial charge in [0.2, 0.25) is 5.16 Å². The molecular weight excluding hydrogens is 216 g/mol. The lowest BCUT2D eigenvalue weighted by atomic mass is 10.6. The Balaban J connectivity index is 2.76. The minimum atomic E-state index is 0.781. The van der Waals surface area contributed by atoms with Crippen molar-refractivity contribution in [2.75, 3.05) is 12.5 Å². The van der Waals surface area contributed by atoms with Crippen molar-refractivity contribution >= 4 is 29.2 Å². The molecule has 0 saturated carbocycles. The Morgan fingerprint density at radius 2 is 2.07 bits per heavy atom. The molecule has 0 N–H and O–H groups in total. The van der Waals surface area contributed by atoms with Crippen LogP contribution >= 0.6 is 23.5 Å². The fourth-order valence-electron chi connectivity index (χ4n) is 1.17. The molecule has 2 aromatic heterocycles. The molecule has 0 aliphatic carbocycles. The average Bonchev–Trinajstić information content (AvgIpc) is 2.59. The number of nitrogens with zero attached hydrogens (tertiary/aromatic N) is 4. The highest BCUT2D eigenvalue weighted by atomic mass is 32.2. The predicted octanol–water partition coefficient (Wildman–Crippen LogP) is 1.88. The molecule has 2 rings (SSSR count). The van der Waals surface area contributed by atoms with Gasteiger partial charge in [-0.2, -0.15) is 0 Å². The standard InChI is InChI=1S/C8H10N4S2/c1-5-4-9-6-7(13-2)10-8(14-3)11-12(5)6/h4H,1-3H3. The molecule has 0 aliphatic heterocycles. The van der Waals surface area contributed by atoms with E-state index in [4.69, 9.17) is 0 Å². The molecule has 0 amide bonds. The van der Waals surface area contributed by atoms with Crippen LogP contribution in [-0.2, 0) is 0 Å². The van der Waals surface area contributed by atoms with Crippen LogP contribution in [0.25, 0.3) is 5.65 Å². The van der Waals surface area contributed by atoms with Crippen LogP contribution in [0.4, 0.5) is 0 Å². The molecule has 0 radical (unpaired) electrons. The molecular formula is C8H10N4S2. The monoisotopic (exact) mass is 226 g/mol. The van der Waals surface area contributed by atoms with Crippen LogP contribution < -0.4 is 0 Å². The van der Waals surface area contributed by atoms with Crippen LogP contribution in [-0.4, -0.2) is 32.1 Å². The van der Waals surface area contributed by atoms with Gasteiger partial charge in [-0.3, -0.25) is 0 Å². The number of imidazole rings is 1. The van der Waals surface area contributed by atoms with Crippen molar-refractivity contribution < 1.29 is 0 Å². The van der Waals surface area contributed by atoms with Crippen molar-refractivity contribution in [3.8, 4) is 0 Å². The summed E-state index contributed by atoms with van der Waals surface area (Å²) in [7, 11) is 0. The van der Waals surface area contributed by atoms with E-state index in [0.717, 1.165) is 21.5 Å². The van der Waals surface area contributed by atoms with Crippen molar-refractivity contribution in [1.82, 2.24) is 19.6 Å². The lowest BCUT2D eigenvalue weighted by molar-refractivity contribution is 0.742. The Hall–Kier alpha value is -0.750. The fraction of sp³-hybridized carbons (Fsp3) is 0.375. The summed E-state index contributed by atoms with van der Waals surface area (Å²) >= 11 is 3.13. The van der Waals surface area contributed by atoms with Crippen molar-refractivity contribution in [1.29, 1.82) is 0 Å². The second-order valence-corrected chi connectivity index (χ2v) is 4.31. The Morgan fingerprint density at radius 3 is 2.71 bits per heavy atom. The zero-order chi connectivity index (χ0) is 10.1. The summed E-state index contributed by atoms with van der Waals surface area (Å²) in [5.41, 5.74) is 1.88. The fourth-order valence-corrected chi connectivity index (χ4v) is 2.07. The highest BCUT2D eigenvalue weighted by Crippen LogP contribution is 2.20. The molecule has 2 heterocycles. The van der Waals surface area contributed by atoms with Crippen LogP contribution in [0.3, 0.4) is 0 Å². The molecule has 0 spiro atoms. The third-order valence-electron chi connectivity index (χ3n) is 1.86. The van der Waals surface area contributed by atoms with Gasteiger partial charge >= 0.3 is 0 Å².